The average molecular weight is 300 g/mol. The molecule has 0 aromatic carbocycles. The van der Waals surface area contributed by atoms with Crippen molar-refractivity contribution in [2.75, 3.05) is 26.2 Å². The molecule has 0 aliphatic carbocycles. The highest BCUT2D eigenvalue weighted by molar-refractivity contribution is 5.84. The third-order valence-electron chi connectivity index (χ3n) is 3.28. The molecular weight excluding hydrogens is 276 g/mol. The molecule has 7 nitrogen and oxygen atoms in total. The molecule has 2 amide bonds. The second kappa shape index (κ2) is 8.61. The molecule has 1 unspecified atom stereocenters. The van der Waals surface area contributed by atoms with E-state index in [0.29, 0.717) is 25.5 Å². The number of nitrogens with one attached hydrogen (secondary N) is 1. The van der Waals surface area contributed by atoms with Gasteiger partial charge in [0.2, 0.25) is 11.8 Å². The number of hydrogen-bond donors (Lipinski definition) is 2. The van der Waals surface area contributed by atoms with Crippen LogP contribution in [-0.2, 0) is 19.1 Å². The van der Waals surface area contributed by atoms with E-state index in [1.165, 1.54) is 0 Å². The molecule has 1 rings (SSSR count). The maximum absolute atomic E-state index is 12.0. The lowest BCUT2D eigenvalue weighted by Crippen LogP contribution is -2.49. The van der Waals surface area contributed by atoms with Gasteiger partial charge in [-0.2, -0.15) is 0 Å². The number of carbonyl (C=O) groups is 3. The summed E-state index contributed by atoms with van der Waals surface area (Å²) in [6.07, 6.45) is 0.607. The second-order valence-electron chi connectivity index (χ2n) is 5.64. The molecule has 0 aromatic heterocycles. The summed E-state index contributed by atoms with van der Waals surface area (Å²) in [7, 11) is 0. The first kappa shape index (κ1) is 17.4. The van der Waals surface area contributed by atoms with E-state index in [1.807, 2.05) is 13.8 Å². The summed E-state index contributed by atoms with van der Waals surface area (Å²) in [5.41, 5.74) is 0. The van der Waals surface area contributed by atoms with E-state index in [1.54, 1.807) is 4.90 Å². The Labute approximate surface area is 124 Å². The van der Waals surface area contributed by atoms with Gasteiger partial charge in [-0.05, 0) is 12.3 Å². The van der Waals surface area contributed by atoms with Gasteiger partial charge >= 0.3 is 5.97 Å². The minimum atomic E-state index is -0.948. The van der Waals surface area contributed by atoms with Gasteiger partial charge in [0.05, 0.1) is 25.7 Å². The van der Waals surface area contributed by atoms with E-state index in [9.17, 15) is 14.4 Å². The number of rotatable bonds is 7. The number of amides is 2. The first-order chi connectivity index (χ1) is 9.88. The Morgan fingerprint density at radius 2 is 2.10 bits per heavy atom. The first-order valence-electron chi connectivity index (χ1n) is 7.26. The highest BCUT2D eigenvalue weighted by Gasteiger charge is 2.25. The molecule has 0 spiro atoms. The van der Waals surface area contributed by atoms with Crippen molar-refractivity contribution >= 4 is 17.8 Å². The summed E-state index contributed by atoms with van der Waals surface area (Å²) in [5, 5.41) is 11.3. The van der Waals surface area contributed by atoms with E-state index in [2.05, 4.69) is 5.32 Å². The summed E-state index contributed by atoms with van der Waals surface area (Å²) in [6.45, 7) is 5.04. The second-order valence-corrected chi connectivity index (χ2v) is 5.64. The SMILES string of the molecule is CC(C)CCC(=O)NCC(=O)N1CCOC(CC(=O)O)C1. The number of aliphatic carboxylic acids is 1. The minimum Gasteiger partial charge on any atom is -0.481 e. The Hall–Kier alpha value is -1.63. The van der Waals surface area contributed by atoms with Gasteiger partial charge in [0.15, 0.2) is 0 Å². The zero-order valence-electron chi connectivity index (χ0n) is 12.6. The molecule has 0 saturated carbocycles. The van der Waals surface area contributed by atoms with Crippen molar-refractivity contribution in [2.45, 2.75) is 39.2 Å². The summed E-state index contributed by atoms with van der Waals surface area (Å²) < 4.78 is 5.30. The maximum Gasteiger partial charge on any atom is 0.306 e. The molecule has 7 heteroatoms. The lowest BCUT2D eigenvalue weighted by Gasteiger charge is -2.32. The lowest BCUT2D eigenvalue weighted by molar-refractivity contribution is -0.147. The van der Waals surface area contributed by atoms with Crippen molar-refractivity contribution in [3.63, 3.8) is 0 Å². The van der Waals surface area contributed by atoms with Crippen LogP contribution >= 0.6 is 0 Å². The molecule has 1 atom stereocenters. The van der Waals surface area contributed by atoms with Gasteiger partial charge in [0.1, 0.15) is 0 Å². The molecule has 1 aliphatic rings. The molecule has 0 aromatic rings. The van der Waals surface area contributed by atoms with E-state index in [-0.39, 0.29) is 31.3 Å². The third-order valence-corrected chi connectivity index (χ3v) is 3.28. The van der Waals surface area contributed by atoms with Crippen LogP contribution in [0.15, 0.2) is 0 Å². The fourth-order valence-electron chi connectivity index (χ4n) is 2.06. The van der Waals surface area contributed by atoms with E-state index < -0.39 is 12.1 Å². The fourth-order valence-corrected chi connectivity index (χ4v) is 2.06. The lowest BCUT2D eigenvalue weighted by atomic mass is 10.1. The molecule has 1 heterocycles. The van der Waals surface area contributed by atoms with Gasteiger partial charge in [-0.3, -0.25) is 14.4 Å². The van der Waals surface area contributed by atoms with Gasteiger partial charge in [-0.25, -0.2) is 0 Å². The molecule has 1 fully saturated rings. The first-order valence-corrected chi connectivity index (χ1v) is 7.26. The molecular formula is C14H24N2O5. The van der Waals surface area contributed by atoms with Crippen molar-refractivity contribution in [3.05, 3.63) is 0 Å². The molecule has 21 heavy (non-hydrogen) atoms. The highest BCUT2D eigenvalue weighted by atomic mass is 16.5. The van der Waals surface area contributed by atoms with Crippen molar-refractivity contribution in [1.82, 2.24) is 10.2 Å². The van der Waals surface area contributed by atoms with Gasteiger partial charge in [0, 0.05) is 19.5 Å². The van der Waals surface area contributed by atoms with Crippen LogP contribution in [0.1, 0.15) is 33.1 Å². The van der Waals surface area contributed by atoms with Crippen LogP contribution in [0.25, 0.3) is 0 Å². The number of carboxylic acids is 1. The van der Waals surface area contributed by atoms with Crippen LogP contribution in [-0.4, -0.2) is 60.1 Å². The minimum absolute atomic E-state index is 0.0449. The van der Waals surface area contributed by atoms with E-state index in [4.69, 9.17) is 9.84 Å². The fraction of sp³-hybridized carbons (Fsp3) is 0.786. The van der Waals surface area contributed by atoms with E-state index >= 15 is 0 Å². The number of ether oxygens (including phenoxy) is 1. The standard InChI is InChI=1S/C14H24N2O5/c1-10(2)3-4-12(17)15-8-13(18)16-5-6-21-11(9-16)7-14(19)20/h10-11H,3-9H2,1-2H3,(H,15,17)(H,19,20). The van der Waals surface area contributed by atoms with Crippen LogP contribution in [0.2, 0.25) is 0 Å². The Bertz CT molecular complexity index is 384. The van der Waals surface area contributed by atoms with Crippen LogP contribution in [0, 0.1) is 5.92 Å². The average Bonchev–Trinajstić information content (AvgIpc) is 2.42. The molecule has 1 saturated heterocycles. The number of hydrogen-bond acceptors (Lipinski definition) is 4. The van der Waals surface area contributed by atoms with Crippen molar-refractivity contribution in [2.24, 2.45) is 5.92 Å². The molecule has 2 N–H and O–H groups in total. The summed E-state index contributed by atoms with van der Waals surface area (Å²) in [4.78, 5) is 35.7. The van der Waals surface area contributed by atoms with Crippen LogP contribution in [0.3, 0.4) is 0 Å². The zero-order chi connectivity index (χ0) is 15.8. The van der Waals surface area contributed by atoms with Crippen molar-refractivity contribution in [1.29, 1.82) is 0 Å². The topological polar surface area (TPSA) is 95.9 Å². The van der Waals surface area contributed by atoms with Gasteiger partial charge in [0.25, 0.3) is 0 Å². The maximum atomic E-state index is 12.0. The van der Waals surface area contributed by atoms with Gasteiger partial charge < -0.3 is 20.1 Å². The highest BCUT2D eigenvalue weighted by Crippen LogP contribution is 2.09. The van der Waals surface area contributed by atoms with Crippen molar-refractivity contribution in [3.8, 4) is 0 Å². The Morgan fingerprint density at radius 3 is 2.71 bits per heavy atom. The quantitative estimate of drug-likeness (QED) is 0.702. The zero-order valence-corrected chi connectivity index (χ0v) is 12.6. The number of carboxylic acid groups (broad SMARTS) is 1. The predicted octanol–water partition coefficient (Wildman–Crippen LogP) is 0.241. The molecule has 1 aliphatic heterocycles. The van der Waals surface area contributed by atoms with Crippen LogP contribution in [0.5, 0.6) is 0 Å². The third kappa shape index (κ3) is 7.08. The Morgan fingerprint density at radius 1 is 1.38 bits per heavy atom. The van der Waals surface area contributed by atoms with E-state index in [0.717, 1.165) is 6.42 Å². The molecule has 120 valence electrons. The number of carbonyl (C=O) groups excluding carboxylic acids is 2. The van der Waals surface area contributed by atoms with Gasteiger partial charge in [-0.1, -0.05) is 13.8 Å². The smallest absolute Gasteiger partial charge is 0.306 e. The van der Waals surface area contributed by atoms with Gasteiger partial charge in [-0.15, -0.1) is 0 Å². The van der Waals surface area contributed by atoms with Crippen molar-refractivity contribution < 1.29 is 24.2 Å². The largest absolute Gasteiger partial charge is 0.481 e. The number of nitrogens with zero attached hydrogens (tertiary/aromatic N) is 1. The number of morpholine rings is 1. The summed E-state index contributed by atoms with van der Waals surface area (Å²) in [6, 6.07) is 0. The Kier molecular flexibility index (Phi) is 7.14. The summed E-state index contributed by atoms with van der Waals surface area (Å²) in [5.74, 6) is -0.835. The van der Waals surface area contributed by atoms with Crippen LogP contribution < -0.4 is 5.32 Å². The Balaban J connectivity index is 2.31. The van der Waals surface area contributed by atoms with Crippen LogP contribution in [0.4, 0.5) is 0 Å². The predicted molar refractivity (Wildman–Crippen MR) is 75.7 cm³/mol. The molecule has 0 radical (unpaired) electrons. The normalized spacial score (nSPS) is 18.6. The summed E-state index contributed by atoms with van der Waals surface area (Å²) >= 11 is 0. The molecule has 0 bridgehead atoms. The monoisotopic (exact) mass is 300 g/mol.